The highest BCUT2D eigenvalue weighted by atomic mass is 32.1. The van der Waals surface area contributed by atoms with Crippen LogP contribution in [0.1, 0.15) is 24.3 Å². The minimum Gasteiger partial charge on any atom is -0.398 e. The second-order valence-electron chi connectivity index (χ2n) is 5.46. The van der Waals surface area contributed by atoms with E-state index < -0.39 is 0 Å². The van der Waals surface area contributed by atoms with Gasteiger partial charge in [-0.2, -0.15) is 5.26 Å². The number of benzene rings is 1. The molecular formula is C16H19N3S. The minimum atomic E-state index is 0.0743. The van der Waals surface area contributed by atoms with Gasteiger partial charge in [0.25, 0.3) is 0 Å². The molecular weight excluding hydrogens is 266 g/mol. The molecule has 3 N–H and O–H groups in total. The van der Waals surface area contributed by atoms with E-state index >= 15 is 0 Å². The average Bonchev–Trinajstić information content (AvgIpc) is 2.95. The van der Waals surface area contributed by atoms with Gasteiger partial charge in [0.05, 0.1) is 12.5 Å². The standard InChI is InChI=1S/C16H19N3S/c1-16(2,15-4-3-9-20-15)11-19-13-5-6-14(18)12(10-13)7-8-17/h3-6,9-10,19H,7,11,18H2,1-2H3. The summed E-state index contributed by atoms with van der Waals surface area (Å²) in [5.41, 5.74) is 8.50. The molecule has 0 saturated carbocycles. The third-order valence-electron chi connectivity index (χ3n) is 3.34. The number of hydrogen-bond acceptors (Lipinski definition) is 4. The Kier molecular flexibility index (Phi) is 4.31. The van der Waals surface area contributed by atoms with E-state index in [0.717, 1.165) is 17.8 Å². The summed E-state index contributed by atoms with van der Waals surface area (Å²) in [7, 11) is 0. The SMILES string of the molecule is CC(C)(CNc1ccc(N)c(CC#N)c1)c1cccs1. The maximum absolute atomic E-state index is 8.79. The summed E-state index contributed by atoms with van der Waals surface area (Å²) in [5, 5.41) is 14.3. The fourth-order valence-electron chi connectivity index (χ4n) is 2.03. The van der Waals surface area contributed by atoms with Crippen molar-refractivity contribution >= 4 is 22.7 Å². The smallest absolute Gasteiger partial charge is 0.0670 e. The van der Waals surface area contributed by atoms with Crippen LogP contribution in [0.15, 0.2) is 35.7 Å². The van der Waals surface area contributed by atoms with Crippen molar-refractivity contribution in [1.82, 2.24) is 0 Å². The maximum Gasteiger partial charge on any atom is 0.0670 e. The van der Waals surface area contributed by atoms with Crippen molar-refractivity contribution in [3.8, 4) is 6.07 Å². The lowest BCUT2D eigenvalue weighted by Gasteiger charge is -2.24. The van der Waals surface area contributed by atoms with Crippen molar-refractivity contribution in [3.05, 3.63) is 46.2 Å². The fourth-order valence-corrected chi connectivity index (χ4v) is 2.88. The highest BCUT2D eigenvalue weighted by Gasteiger charge is 2.21. The van der Waals surface area contributed by atoms with Crippen molar-refractivity contribution in [2.24, 2.45) is 0 Å². The molecule has 0 aliphatic rings. The Morgan fingerprint density at radius 3 is 2.80 bits per heavy atom. The summed E-state index contributed by atoms with van der Waals surface area (Å²) in [6, 6.07) is 12.2. The van der Waals surface area contributed by atoms with Crippen molar-refractivity contribution in [2.45, 2.75) is 25.7 Å². The molecule has 1 aromatic heterocycles. The van der Waals surface area contributed by atoms with Crippen LogP contribution >= 0.6 is 11.3 Å². The van der Waals surface area contributed by atoms with E-state index in [1.807, 2.05) is 18.2 Å². The van der Waals surface area contributed by atoms with Gasteiger partial charge in [-0.1, -0.05) is 19.9 Å². The molecule has 0 amide bonds. The van der Waals surface area contributed by atoms with E-state index in [2.05, 4.69) is 42.7 Å². The second kappa shape index (κ2) is 5.98. The molecule has 0 spiro atoms. The van der Waals surface area contributed by atoms with Crippen LogP contribution in [-0.2, 0) is 11.8 Å². The predicted octanol–water partition coefficient (Wildman–Crippen LogP) is 3.79. The highest BCUT2D eigenvalue weighted by molar-refractivity contribution is 7.10. The van der Waals surface area contributed by atoms with Crippen LogP contribution < -0.4 is 11.1 Å². The van der Waals surface area contributed by atoms with Gasteiger partial charge >= 0.3 is 0 Å². The Morgan fingerprint density at radius 1 is 1.35 bits per heavy atom. The number of nitrogens with one attached hydrogen (secondary N) is 1. The molecule has 2 aromatic rings. The van der Waals surface area contributed by atoms with Crippen molar-refractivity contribution in [3.63, 3.8) is 0 Å². The predicted molar refractivity (Wildman–Crippen MR) is 86.0 cm³/mol. The molecule has 0 aliphatic carbocycles. The van der Waals surface area contributed by atoms with E-state index in [1.165, 1.54) is 4.88 Å². The molecule has 0 unspecified atom stereocenters. The first kappa shape index (κ1) is 14.4. The normalized spacial score (nSPS) is 11.1. The number of nitrogens with zero attached hydrogens (tertiary/aromatic N) is 1. The first-order valence-corrected chi connectivity index (χ1v) is 7.44. The maximum atomic E-state index is 8.79. The highest BCUT2D eigenvalue weighted by Crippen LogP contribution is 2.28. The molecule has 20 heavy (non-hydrogen) atoms. The van der Waals surface area contributed by atoms with Gasteiger partial charge in [0.1, 0.15) is 0 Å². The molecule has 2 rings (SSSR count). The summed E-state index contributed by atoms with van der Waals surface area (Å²) in [5.74, 6) is 0. The molecule has 0 atom stereocenters. The van der Waals surface area contributed by atoms with Crippen LogP contribution in [0.3, 0.4) is 0 Å². The van der Waals surface area contributed by atoms with E-state index in [-0.39, 0.29) is 5.41 Å². The Labute approximate surface area is 124 Å². The Balaban J connectivity index is 2.08. The van der Waals surface area contributed by atoms with Gasteiger partial charge in [-0.05, 0) is 35.2 Å². The minimum absolute atomic E-state index is 0.0743. The molecule has 0 aliphatic heterocycles. The summed E-state index contributed by atoms with van der Waals surface area (Å²) in [6.45, 7) is 5.28. The Hall–Kier alpha value is -1.99. The number of hydrogen-bond donors (Lipinski definition) is 2. The molecule has 0 saturated heterocycles. The van der Waals surface area contributed by atoms with Crippen LogP contribution in [0, 0.1) is 11.3 Å². The number of rotatable bonds is 5. The number of nitrogens with two attached hydrogens (primary N) is 1. The number of nitrogen functional groups attached to an aromatic ring is 1. The lowest BCUT2D eigenvalue weighted by atomic mass is 9.91. The van der Waals surface area contributed by atoms with Gasteiger partial charge in [-0.3, -0.25) is 0 Å². The van der Waals surface area contributed by atoms with E-state index in [4.69, 9.17) is 11.0 Å². The van der Waals surface area contributed by atoms with Gasteiger partial charge in [0.15, 0.2) is 0 Å². The molecule has 0 radical (unpaired) electrons. The Bertz CT molecular complexity index is 609. The van der Waals surface area contributed by atoms with E-state index in [1.54, 1.807) is 11.3 Å². The van der Waals surface area contributed by atoms with Crippen molar-refractivity contribution < 1.29 is 0 Å². The Morgan fingerprint density at radius 2 is 2.15 bits per heavy atom. The van der Waals surface area contributed by atoms with Crippen LogP contribution in [0.25, 0.3) is 0 Å². The van der Waals surface area contributed by atoms with Gasteiger partial charge in [-0.25, -0.2) is 0 Å². The molecule has 0 bridgehead atoms. The summed E-state index contributed by atoms with van der Waals surface area (Å²) in [4.78, 5) is 1.36. The van der Waals surface area contributed by atoms with Crippen LogP contribution in [0.4, 0.5) is 11.4 Å². The summed E-state index contributed by atoms with van der Waals surface area (Å²) >= 11 is 1.78. The quantitative estimate of drug-likeness (QED) is 0.822. The monoisotopic (exact) mass is 285 g/mol. The molecule has 104 valence electrons. The zero-order valence-corrected chi connectivity index (χ0v) is 12.6. The zero-order chi connectivity index (χ0) is 14.6. The number of anilines is 2. The van der Waals surface area contributed by atoms with Gasteiger partial charge < -0.3 is 11.1 Å². The first-order valence-electron chi connectivity index (χ1n) is 6.56. The zero-order valence-electron chi connectivity index (χ0n) is 11.8. The lowest BCUT2D eigenvalue weighted by Crippen LogP contribution is -2.26. The van der Waals surface area contributed by atoms with Crippen LogP contribution in [0.2, 0.25) is 0 Å². The topological polar surface area (TPSA) is 61.8 Å². The van der Waals surface area contributed by atoms with Gasteiger partial charge in [-0.15, -0.1) is 11.3 Å². The van der Waals surface area contributed by atoms with Crippen molar-refractivity contribution in [1.29, 1.82) is 5.26 Å². The third kappa shape index (κ3) is 3.31. The molecule has 4 heteroatoms. The summed E-state index contributed by atoms with van der Waals surface area (Å²) < 4.78 is 0. The van der Waals surface area contributed by atoms with Gasteiger partial charge in [0.2, 0.25) is 0 Å². The molecule has 3 nitrogen and oxygen atoms in total. The first-order chi connectivity index (χ1) is 9.53. The second-order valence-corrected chi connectivity index (χ2v) is 6.41. The van der Waals surface area contributed by atoms with Crippen molar-refractivity contribution in [2.75, 3.05) is 17.6 Å². The van der Waals surface area contributed by atoms with E-state index in [9.17, 15) is 0 Å². The van der Waals surface area contributed by atoms with Crippen LogP contribution in [-0.4, -0.2) is 6.54 Å². The third-order valence-corrected chi connectivity index (χ3v) is 4.57. The molecule has 1 aromatic carbocycles. The lowest BCUT2D eigenvalue weighted by molar-refractivity contribution is 0.569. The summed E-state index contributed by atoms with van der Waals surface area (Å²) in [6.07, 6.45) is 0.343. The fraction of sp³-hybridized carbons (Fsp3) is 0.312. The van der Waals surface area contributed by atoms with Crippen LogP contribution in [0.5, 0.6) is 0 Å². The number of nitriles is 1. The molecule has 0 fully saturated rings. The average molecular weight is 285 g/mol. The largest absolute Gasteiger partial charge is 0.398 e. The van der Waals surface area contributed by atoms with Gasteiger partial charge in [0, 0.05) is 28.2 Å². The number of thiophene rings is 1. The molecule has 1 heterocycles. The van der Waals surface area contributed by atoms with E-state index in [0.29, 0.717) is 12.1 Å².